The molecule has 0 saturated heterocycles. The molecule has 0 radical (unpaired) electrons. The summed E-state index contributed by atoms with van der Waals surface area (Å²) >= 11 is 7.66. The van der Waals surface area contributed by atoms with E-state index in [-0.39, 0.29) is 22.7 Å². The summed E-state index contributed by atoms with van der Waals surface area (Å²) in [6.45, 7) is 4.61. The van der Waals surface area contributed by atoms with E-state index < -0.39 is 0 Å². The smallest absolute Gasteiger partial charge is 0.295 e. The van der Waals surface area contributed by atoms with Gasteiger partial charge in [0.1, 0.15) is 5.52 Å². The molecule has 0 aromatic carbocycles. The summed E-state index contributed by atoms with van der Waals surface area (Å²) in [5.74, 6) is 1.76. The number of nitrogens with zero attached hydrogens (tertiary/aromatic N) is 5. The summed E-state index contributed by atoms with van der Waals surface area (Å²) in [7, 11) is 0. The Kier molecular flexibility index (Phi) is 5.50. The summed E-state index contributed by atoms with van der Waals surface area (Å²) in [6.07, 6.45) is 5.61. The van der Waals surface area contributed by atoms with Crippen LogP contribution >= 0.6 is 23.4 Å². The van der Waals surface area contributed by atoms with E-state index >= 15 is 0 Å². The zero-order valence-corrected chi connectivity index (χ0v) is 17.3. The van der Waals surface area contributed by atoms with E-state index in [1.54, 1.807) is 22.5 Å². The number of hydrogen-bond donors (Lipinski definition) is 1. The van der Waals surface area contributed by atoms with Crippen molar-refractivity contribution in [1.82, 2.24) is 24.5 Å². The lowest BCUT2D eigenvalue weighted by Crippen LogP contribution is -2.29. The van der Waals surface area contributed by atoms with Crippen molar-refractivity contribution in [3.05, 3.63) is 45.7 Å². The van der Waals surface area contributed by atoms with Crippen molar-refractivity contribution in [3.63, 3.8) is 0 Å². The molecule has 1 fully saturated rings. The largest absolute Gasteiger partial charge is 0.361 e. The first-order valence-electron chi connectivity index (χ1n) is 9.33. The zero-order chi connectivity index (χ0) is 19.7. The lowest BCUT2D eigenvalue weighted by molar-refractivity contribution is 0.482. The van der Waals surface area contributed by atoms with Crippen LogP contribution in [0.15, 0.2) is 34.3 Å². The van der Waals surface area contributed by atoms with Crippen LogP contribution in [0.3, 0.4) is 0 Å². The molecule has 7 nitrogen and oxygen atoms in total. The molecule has 9 heteroatoms. The van der Waals surface area contributed by atoms with Crippen molar-refractivity contribution in [2.24, 2.45) is 5.92 Å². The number of nitrogens with one attached hydrogen (secondary N) is 1. The second-order valence-electron chi connectivity index (χ2n) is 6.85. The van der Waals surface area contributed by atoms with E-state index in [9.17, 15) is 4.79 Å². The third-order valence-corrected chi connectivity index (χ3v) is 5.87. The Morgan fingerprint density at radius 3 is 2.79 bits per heavy atom. The Balaban J connectivity index is 1.66. The summed E-state index contributed by atoms with van der Waals surface area (Å²) in [5, 5.41) is 4.27. The normalized spacial score (nSPS) is 15.0. The number of aromatic nitrogens is 5. The average Bonchev–Trinajstić information content (AvgIpc) is 3.53. The molecule has 0 bridgehead atoms. The van der Waals surface area contributed by atoms with Gasteiger partial charge in [-0.15, -0.1) is 11.8 Å². The minimum Gasteiger partial charge on any atom is -0.361 e. The monoisotopic (exact) mass is 416 g/mol. The van der Waals surface area contributed by atoms with E-state index in [4.69, 9.17) is 11.6 Å². The Labute approximate surface area is 172 Å². The van der Waals surface area contributed by atoms with Gasteiger partial charge in [-0.1, -0.05) is 13.0 Å². The fraction of sp³-hybridized carbons (Fsp3) is 0.421. The summed E-state index contributed by atoms with van der Waals surface area (Å²) in [5.41, 5.74) is 1.83. The van der Waals surface area contributed by atoms with E-state index in [1.807, 2.05) is 25.3 Å². The van der Waals surface area contributed by atoms with Gasteiger partial charge in [0.25, 0.3) is 5.56 Å². The first kappa shape index (κ1) is 19.1. The molecule has 3 heterocycles. The Morgan fingerprint density at radius 1 is 1.29 bits per heavy atom. The second-order valence-corrected chi connectivity index (χ2v) is 8.48. The van der Waals surface area contributed by atoms with Gasteiger partial charge in [-0.3, -0.25) is 9.36 Å². The highest BCUT2D eigenvalue weighted by Gasteiger charge is 2.31. The highest BCUT2D eigenvalue weighted by atomic mass is 35.5. The van der Waals surface area contributed by atoms with Crippen molar-refractivity contribution in [3.8, 4) is 0 Å². The quantitative estimate of drug-likeness (QED) is 0.461. The molecule has 0 spiro atoms. The average molecular weight is 417 g/mol. The SMILES string of the molecule is CCSc1ccc(CNc2nc3cnc(Cl)nc3n(C(C)C3CC3)c2=O)cn1. The van der Waals surface area contributed by atoms with Gasteiger partial charge in [-0.2, -0.15) is 4.98 Å². The number of thioether (sulfide) groups is 1. The summed E-state index contributed by atoms with van der Waals surface area (Å²) in [4.78, 5) is 30.3. The van der Waals surface area contributed by atoms with Crippen LogP contribution in [0.25, 0.3) is 11.2 Å². The third-order valence-electron chi connectivity index (χ3n) is 4.86. The molecule has 1 saturated carbocycles. The first-order valence-corrected chi connectivity index (χ1v) is 10.7. The number of pyridine rings is 1. The molecule has 0 amide bonds. The maximum atomic E-state index is 13.1. The molecule has 28 heavy (non-hydrogen) atoms. The molecule has 146 valence electrons. The highest BCUT2D eigenvalue weighted by molar-refractivity contribution is 7.99. The minimum absolute atomic E-state index is 0.0385. The van der Waals surface area contributed by atoms with Crippen LogP contribution in [0.5, 0.6) is 0 Å². The molecular weight excluding hydrogens is 396 g/mol. The van der Waals surface area contributed by atoms with Gasteiger partial charge in [-0.05, 0) is 54.7 Å². The van der Waals surface area contributed by atoms with Crippen LogP contribution in [0.2, 0.25) is 5.28 Å². The number of hydrogen-bond acceptors (Lipinski definition) is 7. The van der Waals surface area contributed by atoms with Crippen molar-refractivity contribution in [2.75, 3.05) is 11.1 Å². The molecule has 0 aliphatic heterocycles. The molecule has 1 aliphatic carbocycles. The van der Waals surface area contributed by atoms with Crippen LogP contribution in [0, 0.1) is 5.92 Å². The van der Waals surface area contributed by atoms with Gasteiger partial charge in [0.05, 0.1) is 11.2 Å². The van der Waals surface area contributed by atoms with Crippen LogP contribution < -0.4 is 10.9 Å². The molecule has 4 rings (SSSR count). The number of rotatable bonds is 7. The maximum absolute atomic E-state index is 13.1. The van der Waals surface area contributed by atoms with Gasteiger partial charge in [-0.25, -0.2) is 15.0 Å². The third kappa shape index (κ3) is 3.98. The van der Waals surface area contributed by atoms with E-state index in [1.165, 1.54) is 0 Å². The van der Waals surface area contributed by atoms with Crippen LogP contribution in [0.1, 0.15) is 38.3 Å². The molecule has 1 N–H and O–H groups in total. The first-order chi connectivity index (χ1) is 13.6. The zero-order valence-electron chi connectivity index (χ0n) is 15.7. The lowest BCUT2D eigenvalue weighted by Gasteiger charge is -2.18. The number of anilines is 1. The maximum Gasteiger partial charge on any atom is 0.295 e. The van der Waals surface area contributed by atoms with Gasteiger partial charge < -0.3 is 5.32 Å². The van der Waals surface area contributed by atoms with Gasteiger partial charge in [0.15, 0.2) is 11.5 Å². The van der Waals surface area contributed by atoms with E-state index in [2.05, 4.69) is 32.2 Å². The number of fused-ring (bicyclic) bond motifs is 1. The van der Waals surface area contributed by atoms with Crippen molar-refractivity contribution in [1.29, 1.82) is 0 Å². The molecule has 1 unspecified atom stereocenters. The molecule has 3 aromatic rings. The van der Waals surface area contributed by atoms with Gasteiger partial charge >= 0.3 is 0 Å². The van der Waals surface area contributed by atoms with E-state index in [0.29, 0.717) is 23.6 Å². The fourth-order valence-electron chi connectivity index (χ4n) is 3.20. The van der Waals surface area contributed by atoms with Gasteiger partial charge in [0, 0.05) is 18.8 Å². The fourth-order valence-corrected chi connectivity index (χ4v) is 3.91. The number of halogens is 1. The lowest BCUT2D eigenvalue weighted by atomic mass is 10.2. The Bertz CT molecular complexity index is 1050. The topological polar surface area (TPSA) is 85.6 Å². The standard InChI is InChI=1S/C19H21ClN6OS/c1-3-28-15-7-4-12(8-21-15)9-22-16-18(27)26(11(2)13-5-6-13)17-14(24-16)10-23-19(20)25-17/h4,7-8,10-11,13H,3,5-6,9H2,1-2H3,(H,22,24). The Hall–Kier alpha value is -2.19. The van der Waals surface area contributed by atoms with Crippen LogP contribution in [-0.4, -0.2) is 30.3 Å². The van der Waals surface area contributed by atoms with E-state index in [0.717, 1.165) is 29.2 Å². The molecular formula is C19H21ClN6OS. The summed E-state index contributed by atoms with van der Waals surface area (Å²) in [6, 6.07) is 4.03. The van der Waals surface area contributed by atoms with Crippen molar-refractivity contribution < 1.29 is 0 Å². The molecule has 1 aliphatic rings. The van der Waals surface area contributed by atoms with Crippen molar-refractivity contribution in [2.45, 2.75) is 44.3 Å². The second kappa shape index (κ2) is 8.05. The molecule has 3 aromatic heterocycles. The van der Waals surface area contributed by atoms with Gasteiger partial charge in [0.2, 0.25) is 5.28 Å². The highest BCUT2D eigenvalue weighted by Crippen LogP contribution is 2.39. The van der Waals surface area contributed by atoms with Crippen LogP contribution in [0.4, 0.5) is 5.82 Å². The Morgan fingerprint density at radius 2 is 2.11 bits per heavy atom. The summed E-state index contributed by atoms with van der Waals surface area (Å²) < 4.78 is 1.70. The predicted molar refractivity (Wildman–Crippen MR) is 112 cm³/mol. The minimum atomic E-state index is -0.187. The predicted octanol–water partition coefficient (Wildman–Crippen LogP) is 3.93. The van der Waals surface area contributed by atoms with Crippen molar-refractivity contribution >= 4 is 40.3 Å². The van der Waals surface area contributed by atoms with Crippen LogP contribution in [-0.2, 0) is 6.54 Å². The molecule has 1 atom stereocenters.